The van der Waals surface area contributed by atoms with Crippen molar-refractivity contribution in [2.75, 3.05) is 0 Å². The van der Waals surface area contributed by atoms with Gasteiger partial charge in [-0.2, -0.15) is 18.3 Å². The number of aliphatic hydroxyl groups excluding tert-OH is 1. The molecule has 2 aromatic rings. The van der Waals surface area contributed by atoms with E-state index in [1.54, 1.807) is 0 Å². The molecule has 1 heterocycles. The van der Waals surface area contributed by atoms with E-state index >= 15 is 0 Å². The molecule has 0 bridgehead atoms. The third-order valence-electron chi connectivity index (χ3n) is 3.85. The van der Waals surface area contributed by atoms with Crippen LogP contribution in [0.15, 0.2) is 12.1 Å². The third kappa shape index (κ3) is 3.64. The molecule has 0 aliphatic heterocycles. The number of carboxylic acid groups (broad SMARTS) is 1. The van der Waals surface area contributed by atoms with Crippen molar-refractivity contribution in [3.8, 4) is 17.0 Å². The number of aliphatic hydroxyl groups is 1. The van der Waals surface area contributed by atoms with Gasteiger partial charge in [0.25, 0.3) is 0 Å². The van der Waals surface area contributed by atoms with Crippen LogP contribution in [0.5, 0.6) is 5.75 Å². The number of aromatic carboxylic acids is 1. The van der Waals surface area contributed by atoms with Crippen molar-refractivity contribution >= 4 is 5.97 Å². The fourth-order valence-electron chi connectivity index (χ4n) is 2.40. The summed E-state index contributed by atoms with van der Waals surface area (Å²) in [6, 6.07) is 1.94. The lowest BCUT2D eigenvalue weighted by Crippen LogP contribution is -2.32. The van der Waals surface area contributed by atoms with E-state index < -0.39 is 35.4 Å². The summed E-state index contributed by atoms with van der Waals surface area (Å²) in [6.45, 7) is 1.58. The van der Waals surface area contributed by atoms with Gasteiger partial charge in [0.2, 0.25) is 0 Å². The second-order valence-corrected chi connectivity index (χ2v) is 5.64. The number of carboxylic acids is 1. The minimum Gasteiger partial charge on any atom is -0.480 e. The van der Waals surface area contributed by atoms with Crippen LogP contribution in [-0.4, -0.2) is 38.2 Å². The number of carbonyl (C=O) groups is 1. The van der Waals surface area contributed by atoms with Gasteiger partial charge in [0, 0.05) is 18.2 Å². The van der Waals surface area contributed by atoms with E-state index in [2.05, 4.69) is 5.10 Å². The number of hydrogen-bond donors (Lipinski definition) is 2. The fraction of sp³-hybridized carbons (Fsp3) is 0.375. The summed E-state index contributed by atoms with van der Waals surface area (Å²) in [6.07, 6.45) is -7.03. The lowest BCUT2D eigenvalue weighted by molar-refractivity contribution is -0.189. The Kier molecular flexibility index (Phi) is 5.26. The average Bonchev–Trinajstić information content (AvgIpc) is 2.89. The maximum atomic E-state index is 14.5. The molecule has 0 aliphatic carbocycles. The van der Waals surface area contributed by atoms with Crippen molar-refractivity contribution in [1.29, 1.82) is 0 Å². The smallest absolute Gasteiger partial charge is 0.425 e. The van der Waals surface area contributed by atoms with Crippen molar-refractivity contribution in [3.05, 3.63) is 34.8 Å². The van der Waals surface area contributed by atoms with Gasteiger partial charge in [-0.15, -0.1) is 0 Å². The molecule has 0 aliphatic rings. The first-order chi connectivity index (χ1) is 12.0. The van der Waals surface area contributed by atoms with Gasteiger partial charge in [-0.25, -0.2) is 9.18 Å². The Balaban J connectivity index is 2.67. The van der Waals surface area contributed by atoms with E-state index in [-0.39, 0.29) is 23.4 Å². The van der Waals surface area contributed by atoms with Crippen molar-refractivity contribution < 1.29 is 37.3 Å². The monoisotopic (exact) mass is 376 g/mol. The van der Waals surface area contributed by atoms with Crippen molar-refractivity contribution in [2.24, 2.45) is 7.05 Å². The molecule has 26 heavy (non-hydrogen) atoms. The van der Waals surface area contributed by atoms with Crippen LogP contribution >= 0.6 is 0 Å². The molecule has 0 fully saturated rings. The number of aromatic nitrogens is 2. The molecule has 10 heteroatoms. The number of benzene rings is 1. The van der Waals surface area contributed by atoms with Crippen molar-refractivity contribution in [2.45, 2.75) is 32.7 Å². The van der Waals surface area contributed by atoms with Crippen LogP contribution in [0.1, 0.15) is 28.5 Å². The first-order valence-corrected chi connectivity index (χ1v) is 7.41. The molecule has 1 atom stereocenters. The third-order valence-corrected chi connectivity index (χ3v) is 3.85. The molecule has 0 radical (unpaired) electrons. The topological polar surface area (TPSA) is 84.6 Å². The summed E-state index contributed by atoms with van der Waals surface area (Å²) >= 11 is 0. The molecule has 1 aromatic heterocycles. The first-order valence-electron chi connectivity index (χ1n) is 7.41. The number of aryl methyl sites for hydroxylation is 1. The minimum atomic E-state index is -4.73. The molecule has 142 valence electrons. The molecule has 1 unspecified atom stereocenters. The van der Waals surface area contributed by atoms with E-state index in [0.717, 1.165) is 6.92 Å². The quantitative estimate of drug-likeness (QED) is 0.784. The largest absolute Gasteiger partial charge is 0.480 e. The maximum absolute atomic E-state index is 14.5. The minimum absolute atomic E-state index is 0.0352. The Labute approximate surface area is 145 Å². The van der Waals surface area contributed by atoms with Gasteiger partial charge < -0.3 is 14.9 Å². The second kappa shape index (κ2) is 6.94. The van der Waals surface area contributed by atoms with Crippen LogP contribution in [0, 0.1) is 12.7 Å². The van der Waals surface area contributed by atoms with Gasteiger partial charge >= 0.3 is 12.1 Å². The van der Waals surface area contributed by atoms with Crippen LogP contribution in [0.4, 0.5) is 17.6 Å². The van der Waals surface area contributed by atoms with Crippen LogP contribution in [0.2, 0.25) is 0 Å². The van der Waals surface area contributed by atoms with E-state index in [1.807, 2.05) is 0 Å². The van der Waals surface area contributed by atoms with Gasteiger partial charge in [0.1, 0.15) is 17.1 Å². The predicted molar refractivity (Wildman–Crippen MR) is 82.4 cm³/mol. The summed E-state index contributed by atoms with van der Waals surface area (Å²) in [7, 11) is 1.50. The average molecular weight is 376 g/mol. The lowest BCUT2D eigenvalue weighted by atomic mass is 9.99. The standard InChI is InChI=1S/C16H16F4N2O4/c1-7-13(12-4-9(6-23)22(3)21-12)11(17)5-10(15(24)25)14(7)26-8(2)16(18,19)20/h4-5,8,23H,6H2,1-3H3,(H,24,25). The number of ether oxygens (including phenoxy) is 1. The van der Waals surface area contributed by atoms with Crippen LogP contribution in [0.3, 0.4) is 0 Å². The molecular weight excluding hydrogens is 360 g/mol. The summed E-state index contributed by atoms with van der Waals surface area (Å²) in [5.41, 5.74) is -0.686. The van der Waals surface area contributed by atoms with Crippen molar-refractivity contribution in [1.82, 2.24) is 9.78 Å². The molecule has 6 nitrogen and oxygen atoms in total. The first kappa shape index (κ1) is 19.7. The highest BCUT2D eigenvalue weighted by atomic mass is 19.4. The summed E-state index contributed by atoms with van der Waals surface area (Å²) in [4.78, 5) is 11.3. The maximum Gasteiger partial charge on any atom is 0.425 e. The van der Waals surface area contributed by atoms with Gasteiger partial charge in [-0.1, -0.05) is 0 Å². The van der Waals surface area contributed by atoms with Gasteiger partial charge in [-0.05, 0) is 26.0 Å². The molecule has 0 amide bonds. The van der Waals surface area contributed by atoms with Gasteiger partial charge in [0.05, 0.1) is 18.0 Å². The highest BCUT2D eigenvalue weighted by molar-refractivity contribution is 5.93. The SMILES string of the molecule is Cc1c(OC(C)C(F)(F)F)c(C(=O)O)cc(F)c1-c1cc(CO)n(C)n1. The molecular formula is C16H16F4N2O4. The number of alkyl halides is 3. The normalized spacial score (nSPS) is 12.9. The molecule has 0 saturated carbocycles. The van der Waals surface area contributed by atoms with Crippen LogP contribution in [-0.2, 0) is 13.7 Å². The number of hydrogen-bond acceptors (Lipinski definition) is 4. The number of rotatable bonds is 5. The van der Waals surface area contributed by atoms with Crippen molar-refractivity contribution in [3.63, 3.8) is 0 Å². The number of halogens is 4. The Morgan fingerprint density at radius 1 is 1.38 bits per heavy atom. The lowest BCUT2D eigenvalue weighted by Gasteiger charge is -2.21. The highest BCUT2D eigenvalue weighted by Gasteiger charge is 2.39. The van der Waals surface area contributed by atoms with E-state index in [9.17, 15) is 32.6 Å². The zero-order chi connectivity index (χ0) is 19.8. The van der Waals surface area contributed by atoms with E-state index in [0.29, 0.717) is 11.8 Å². The van der Waals surface area contributed by atoms with Gasteiger partial charge in [-0.3, -0.25) is 4.68 Å². The Bertz CT molecular complexity index is 846. The van der Waals surface area contributed by atoms with Crippen LogP contribution in [0.25, 0.3) is 11.3 Å². The predicted octanol–water partition coefficient (Wildman–Crippen LogP) is 3.05. The molecule has 0 saturated heterocycles. The highest BCUT2D eigenvalue weighted by Crippen LogP contribution is 2.37. The summed E-state index contributed by atoms with van der Waals surface area (Å²) < 4.78 is 59.0. The Hall–Kier alpha value is -2.62. The molecule has 2 N–H and O–H groups in total. The Morgan fingerprint density at radius 2 is 2.00 bits per heavy atom. The summed E-state index contributed by atoms with van der Waals surface area (Å²) in [5, 5.41) is 22.4. The van der Waals surface area contributed by atoms with E-state index in [1.165, 1.54) is 24.7 Å². The Morgan fingerprint density at radius 3 is 2.46 bits per heavy atom. The second-order valence-electron chi connectivity index (χ2n) is 5.64. The molecule has 2 rings (SSSR count). The van der Waals surface area contributed by atoms with E-state index in [4.69, 9.17) is 4.74 Å². The van der Waals surface area contributed by atoms with Gasteiger partial charge in [0.15, 0.2) is 6.10 Å². The zero-order valence-corrected chi connectivity index (χ0v) is 14.1. The van der Waals surface area contributed by atoms with Crippen LogP contribution < -0.4 is 4.74 Å². The number of nitrogens with zero attached hydrogens (tertiary/aromatic N) is 2. The fourth-order valence-corrected chi connectivity index (χ4v) is 2.40. The zero-order valence-electron chi connectivity index (χ0n) is 14.1. The molecule has 1 aromatic carbocycles. The summed E-state index contributed by atoms with van der Waals surface area (Å²) in [5.74, 6) is -3.19. The molecule has 0 spiro atoms.